The maximum Gasteiger partial charge on any atom is 0.0991 e. The first-order valence-electron chi connectivity index (χ1n) is 12.1. The van der Waals surface area contributed by atoms with Gasteiger partial charge in [0.05, 0.1) is 11.6 Å². The van der Waals surface area contributed by atoms with Gasteiger partial charge in [-0.3, -0.25) is 0 Å². The van der Waals surface area contributed by atoms with Gasteiger partial charge in [-0.05, 0) is 35.4 Å². The van der Waals surface area contributed by atoms with E-state index in [1.54, 1.807) is 6.07 Å². The standard InChI is InChI=1S/C35H34N2/c1-37(2)35-28-22-26-33(30-35)24-20-18-16-14-12-10-8-6-4-3-5-7-9-11-13-15-17-19-23-32-25-21-27-34(29-32)31-36/h3-30H,1-2H3/b5-3+,6-4+,9-7+,10-8+,13-11+,14-12+,17-15+,18-16+,23-19+,24-20+. The van der Waals surface area contributed by atoms with Gasteiger partial charge < -0.3 is 4.90 Å². The van der Waals surface area contributed by atoms with Crippen LogP contribution in [0.4, 0.5) is 5.69 Å². The molecule has 0 bridgehead atoms. The number of anilines is 1. The van der Waals surface area contributed by atoms with E-state index in [1.165, 1.54) is 11.3 Å². The average Bonchev–Trinajstić information content (AvgIpc) is 2.92. The van der Waals surface area contributed by atoms with Crippen molar-refractivity contribution >= 4 is 17.8 Å². The summed E-state index contributed by atoms with van der Waals surface area (Å²) < 4.78 is 0. The average molecular weight is 483 g/mol. The molecule has 0 aliphatic heterocycles. The molecular weight excluding hydrogens is 448 g/mol. The van der Waals surface area contributed by atoms with E-state index in [4.69, 9.17) is 5.26 Å². The predicted molar refractivity (Wildman–Crippen MR) is 163 cm³/mol. The molecule has 0 N–H and O–H groups in total. The Morgan fingerprint density at radius 3 is 1.30 bits per heavy atom. The van der Waals surface area contributed by atoms with Crippen molar-refractivity contribution in [3.8, 4) is 6.07 Å². The zero-order valence-electron chi connectivity index (χ0n) is 21.6. The Kier molecular flexibility index (Phi) is 14.2. The molecule has 0 radical (unpaired) electrons. The summed E-state index contributed by atoms with van der Waals surface area (Å²) in [6.45, 7) is 0. The largest absolute Gasteiger partial charge is 0.378 e. The third-order valence-corrected chi connectivity index (χ3v) is 4.87. The van der Waals surface area contributed by atoms with Crippen LogP contribution in [0.2, 0.25) is 0 Å². The van der Waals surface area contributed by atoms with E-state index < -0.39 is 0 Å². The number of rotatable bonds is 12. The van der Waals surface area contributed by atoms with E-state index in [0.717, 1.165) is 5.56 Å². The fourth-order valence-electron chi connectivity index (χ4n) is 2.98. The molecule has 2 rings (SSSR count). The van der Waals surface area contributed by atoms with Crippen molar-refractivity contribution in [2.75, 3.05) is 19.0 Å². The van der Waals surface area contributed by atoms with Gasteiger partial charge in [0.25, 0.3) is 0 Å². The van der Waals surface area contributed by atoms with Crippen molar-refractivity contribution in [2.45, 2.75) is 0 Å². The van der Waals surface area contributed by atoms with Crippen LogP contribution in [-0.4, -0.2) is 14.1 Å². The lowest BCUT2D eigenvalue weighted by Crippen LogP contribution is -2.08. The predicted octanol–water partition coefficient (Wildman–Crippen LogP) is 8.80. The summed E-state index contributed by atoms with van der Waals surface area (Å²) in [5.74, 6) is 0. The summed E-state index contributed by atoms with van der Waals surface area (Å²) in [5, 5.41) is 8.92. The van der Waals surface area contributed by atoms with Crippen LogP contribution in [0.5, 0.6) is 0 Å². The van der Waals surface area contributed by atoms with Crippen molar-refractivity contribution in [3.63, 3.8) is 0 Å². The lowest BCUT2D eigenvalue weighted by atomic mass is 10.1. The van der Waals surface area contributed by atoms with Gasteiger partial charge in [0.15, 0.2) is 0 Å². The van der Waals surface area contributed by atoms with Crippen LogP contribution in [0, 0.1) is 11.3 Å². The summed E-state index contributed by atoms with van der Waals surface area (Å²) >= 11 is 0. The monoisotopic (exact) mass is 482 g/mol. The molecule has 0 fully saturated rings. The molecule has 0 saturated heterocycles. The van der Waals surface area contributed by atoms with Gasteiger partial charge in [0, 0.05) is 19.8 Å². The highest BCUT2D eigenvalue weighted by molar-refractivity contribution is 5.59. The van der Waals surface area contributed by atoms with Gasteiger partial charge in [-0.1, -0.05) is 146 Å². The second-order valence-electron chi connectivity index (χ2n) is 8.02. The van der Waals surface area contributed by atoms with Crippen LogP contribution in [0.25, 0.3) is 12.2 Å². The van der Waals surface area contributed by atoms with Gasteiger partial charge in [-0.2, -0.15) is 5.26 Å². The summed E-state index contributed by atoms with van der Waals surface area (Å²) in [4.78, 5) is 2.10. The van der Waals surface area contributed by atoms with E-state index in [2.05, 4.69) is 41.3 Å². The van der Waals surface area contributed by atoms with E-state index in [1.807, 2.05) is 148 Å². The van der Waals surface area contributed by atoms with Crippen LogP contribution in [0.3, 0.4) is 0 Å². The number of nitriles is 1. The first-order valence-corrected chi connectivity index (χ1v) is 12.1. The van der Waals surface area contributed by atoms with Gasteiger partial charge in [-0.15, -0.1) is 0 Å². The molecule has 2 aromatic carbocycles. The van der Waals surface area contributed by atoms with E-state index >= 15 is 0 Å². The van der Waals surface area contributed by atoms with Gasteiger partial charge >= 0.3 is 0 Å². The van der Waals surface area contributed by atoms with Crippen molar-refractivity contribution < 1.29 is 0 Å². The minimum absolute atomic E-state index is 0.669. The Bertz CT molecular complexity index is 1300. The Labute approximate surface area is 222 Å². The summed E-state index contributed by atoms with van der Waals surface area (Å²) in [6, 6.07) is 18.1. The van der Waals surface area contributed by atoms with Crippen molar-refractivity contribution in [1.82, 2.24) is 0 Å². The van der Waals surface area contributed by atoms with E-state index in [9.17, 15) is 0 Å². The molecule has 0 aliphatic carbocycles. The van der Waals surface area contributed by atoms with E-state index in [0.29, 0.717) is 5.56 Å². The molecule has 0 unspecified atom stereocenters. The quantitative estimate of drug-likeness (QED) is 0.283. The highest BCUT2D eigenvalue weighted by Crippen LogP contribution is 2.14. The smallest absolute Gasteiger partial charge is 0.0991 e. The molecule has 184 valence electrons. The molecule has 0 atom stereocenters. The molecule has 0 aromatic heterocycles. The molecular formula is C35H34N2. The Morgan fingerprint density at radius 2 is 0.892 bits per heavy atom. The number of hydrogen-bond acceptors (Lipinski definition) is 2. The highest BCUT2D eigenvalue weighted by Gasteiger charge is 1.93. The van der Waals surface area contributed by atoms with Crippen molar-refractivity contribution in [2.24, 2.45) is 0 Å². The molecule has 0 heterocycles. The van der Waals surface area contributed by atoms with Crippen LogP contribution >= 0.6 is 0 Å². The van der Waals surface area contributed by atoms with Gasteiger partial charge in [0.1, 0.15) is 0 Å². The molecule has 2 nitrogen and oxygen atoms in total. The van der Waals surface area contributed by atoms with Crippen molar-refractivity contribution in [3.05, 3.63) is 175 Å². The second-order valence-corrected chi connectivity index (χ2v) is 8.02. The fraction of sp³-hybridized carbons (Fsp3) is 0.0571. The van der Waals surface area contributed by atoms with Gasteiger partial charge in [0.2, 0.25) is 0 Å². The van der Waals surface area contributed by atoms with Crippen LogP contribution in [0.1, 0.15) is 16.7 Å². The van der Waals surface area contributed by atoms with Gasteiger partial charge in [-0.25, -0.2) is 0 Å². The molecule has 0 aliphatic rings. The third-order valence-electron chi connectivity index (χ3n) is 4.87. The van der Waals surface area contributed by atoms with E-state index in [-0.39, 0.29) is 0 Å². The molecule has 0 amide bonds. The second kappa shape index (κ2) is 18.5. The number of nitrogens with zero attached hydrogens (tertiary/aromatic N) is 2. The zero-order valence-corrected chi connectivity index (χ0v) is 21.6. The normalized spacial score (nSPS) is 13.1. The highest BCUT2D eigenvalue weighted by atomic mass is 15.1. The molecule has 0 saturated carbocycles. The molecule has 0 spiro atoms. The zero-order chi connectivity index (χ0) is 26.4. The van der Waals surface area contributed by atoms with Crippen LogP contribution in [0.15, 0.2) is 158 Å². The minimum atomic E-state index is 0.669. The number of allylic oxidation sites excluding steroid dienone is 18. The summed E-state index contributed by atoms with van der Waals surface area (Å²) in [7, 11) is 4.09. The molecule has 37 heavy (non-hydrogen) atoms. The van der Waals surface area contributed by atoms with Crippen LogP contribution in [-0.2, 0) is 0 Å². The first kappa shape index (κ1) is 28.4. The maximum absolute atomic E-state index is 8.92. The lowest BCUT2D eigenvalue weighted by Gasteiger charge is -2.12. The maximum atomic E-state index is 8.92. The molecule has 2 heteroatoms. The lowest BCUT2D eigenvalue weighted by molar-refractivity contribution is 1.13. The summed E-state index contributed by atoms with van der Waals surface area (Å²) in [5.41, 5.74) is 4.06. The Morgan fingerprint density at radius 1 is 0.514 bits per heavy atom. The third kappa shape index (κ3) is 13.6. The number of benzene rings is 2. The minimum Gasteiger partial charge on any atom is -0.378 e. The Balaban J connectivity index is 1.61. The molecule has 2 aromatic rings. The van der Waals surface area contributed by atoms with Crippen LogP contribution < -0.4 is 4.90 Å². The number of hydrogen-bond donors (Lipinski definition) is 0. The topological polar surface area (TPSA) is 27.0 Å². The SMILES string of the molecule is CN(C)c1cccc(/C=C/C=C/C=C/C=C/C=C/C=C/C=C/C=C/C=C/C=C/c2cccc(C#N)c2)c1. The summed E-state index contributed by atoms with van der Waals surface area (Å²) in [6.07, 6.45) is 39.9. The first-order chi connectivity index (χ1) is 18.2. The Hall–Kier alpha value is -4.87. The van der Waals surface area contributed by atoms with Crippen molar-refractivity contribution in [1.29, 1.82) is 5.26 Å². The fourth-order valence-corrected chi connectivity index (χ4v) is 2.98.